The Hall–Kier alpha value is -1.32. The van der Waals surface area contributed by atoms with Crippen molar-refractivity contribution in [2.45, 2.75) is 6.42 Å². The van der Waals surface area contributed by atoms with E-state index >= 15 is 0 Å². The third kappa shape index (κ3) is 2.37. The Labute approximate surface area is 92.9 Å². The second-order valence-electron chi connectivity index (χ2n) is 3.18. The van der Waals surface area contributed by atoms with Crippen LogP contribution in [0, 0.1) is 0 Å². The molecule has 0 unspecified atom stereocenters. The number of nitrogens with zero attached hydrogens (tertiary/aromatic N) is 1. The van der Waals surface area contributed by atoms with Crippen LogP contribution in [0.15, 0.2) is 34.9 Å². The number of rotatable bonds is 3. The van der Waals surface area contributed by atoms with Crippen LogP contribution in [0.5, 0.6) is 0 Å². The Morgan fingerprint density at radius 1 is 1.40 bits per heavy atom. The highest BCUT2D eigenvalue weighted by atomic mass is 35.5. The molecule has 2 aromatic rings. The Morgan fingerprint density at radius 3 is 3.00 bits per heavy atom. The van der Waals surface area contributed by atoms with Gasteiger partial charge in [-0.2, -0.15) is 0 Å². The van der Waals surface area contributed by atoms with Gasteiger partial charge in [-0.15, -0.1) is 0 Å². The Kier molecular flexibility index (Phi) is 3.04. The van der Waals surface area contributed by atoms with Crippen molar-refractivity contribution in [1.82, 2.24) is 4.98 Å². The SMILES string of the molecule is NCCc1nc(-c2cccc(Cl)c2)co1. The molecule has 0 aliphatic rings. The summed E-state index contributed by atoms with van der Waals surface area (Å²) in [5.41, 5.74) is 7.16. The van der Waals surface area contributed by atoms with Crippen molar-refractivity contribution in [2.75, 3.05) is 6.54 Å². The zero-order valence-electron chi connectivity index (χ0n) is 8.11. The smallest absolute Gasteiger partial charge is 0.195 e. The Balaban J connectivity index is 2.29. The van der Waals surface area contributed by atoms with Gasteiger partial charge in [0.05, 0.1) is 0 Å². The van der Waals surface area contributed by atoms with E-state index in [4.69, 9.17) is 21.8 Å². The summed E-state index contributed by atoms with van der Waals surface area (Å²) in [6.07, 6.45) is 2.28. The van der Waals surface area contributed by atoms with Crippen LogP contribution >= 0.6 is 11.6 Å². The molecule has 1 aromatic carbocycles. The maximum atomic E-state index is 5.88. The van der Waals surface area contributed by atoms with E-state index in [1.165, 1.54) is 0 Å². The second kappa shape index (κ2) is 4.47. The summed E-state index contributed by atoms with van der Waals surface area (Å²) < 4.78 is 5.27. The molecule has 0 saturated carbocycles. The fourth-order valence-electron chi connectivity index (χ4n) is 1.33. The average Bonchev–Trinajstić information content (AvgIpc) is 2.67. The van der Waals surface area contributed by atoms with Crippen molar-refractivity contribution < 1.29 is 4.42 Å². The number of hydrogen-bond acceptors (Lipinski definition) is 3. The predicted octanol–water partition coefficient (Wildman–Crippen LogP) is 2.50. The van der Waals surface area contributed by atoms with E-state index in [1.807, 2.05) is 24.3 Å². The molecule has 0 radical (unpaired) electrons. The predicted molar refractivity (Wildman–Crippen MR) is 59.7 cm³/mol. The molecule has 1 aromatic heterocycles. The summed E-state index contributed by atoms with van der Waals surface area (Å²) in [5.74, 6) is 0.660. The molecule has 0 aliphatic carbocycles. The largest absolute Gasteiger partial charge is 0.448 e. The molecular formula is C11H11ClN2O. The molecule has 4 heteroatoms. The van der Waals surface area contributed by atoms with E-state index in [-0.39, 0.29) is 0 Å². The van der Waals surface area contributed by atoms with Crippen molar-refractivity contribution in [3.05, 3.63) is 41.4 Å². The van der Waals surface area contributed by atoms with Gasteiger partial charge in [0, 0.05) is 23.6 Å². The van der Waals surface area contributed by atoms with Crippen LogP contribution in [0.4, 0.5) is 0 Å². The van der Waals surface area contributed by atoms with Gasteiger partial charge in [0.2, 0.25) is 0 Å². The van der Waals surface area contributed by atoms with E-state index in [0.29, 0.717) is 23.9 Å². The molecular weight excluding hydrogens is 212 g/mol. The van der Waals surface area contributed by atoms with Gasteiger partial charge in [-0.3, -0.25) is 0 Å². The summed E-state index contributed by atoms with van der Waals surface area (Å²) in [6, 6.07) is 7.50. The van der Waals surface area contributed by atoms with E-state index in [2.05, 4.69) is 4.98 Å². The topological polar surface area (TPSA) is 52.0 Å². The van der Waals surface area contributed by atoms with E-state index < -0.39 is 0 Å². The third-order valence-corrected chi connectivity index (χ3v) is 2.27. The van der Waals surface area contributed by atoms with Gasteiger partial charge in [0.1, 0.15) is 12.0 Å². The van der Waals surface area contributed by atoms with Crippen LogP contribution in [0.3, 0.4) is 0 Å². The van der Waals surface area contributed by atoms with Gasteiger partial charge in [-0.05, 0) is 12.1 Å². The number of aromatic nitrogens is 1. The first-order chi connectivity index (χ1) is 7.29. The molecule has 2 rings (SSSR count). The molecule has 0 atom stereocenters. The zero-order valence-corrected chi connectivity index (χ0v) is 8.87. The fraction of sp³-hybridized carbons (Fsp3) is 0.182. The molecule has 0 bridgehead atoms. The second-order valence-corrected chi connectivity index (χ2v) is 3.61. The van der Waals surface area contributed by atoms with Crippen LogP contribution < -0.4 is 5.73 Å². The Morgan fingerprint density at radius 2 is 2.27 bits per heavy atom. The molecule has 0 saturated heterocycles. The van der Waals surface area contributed by atoms with Gasteiger partial charge >= 0.3 is 0 Å². The minimum atomic E-state index is 0.537. The minimum absolute atomic E-state index is 0.537. The monoisotopic (exact) mass is 222 g/mol. The van der Waals surface area contributed by atoms with E-state index in [9.17, 15) is 0 Å². The average molecular weight is 223 g/mol. The van der Waals surface area contributed by atoms with Gasteiger partial charge in [0.25, 0.3) is 0 Å². The van der Waals surface area contributed by atoms with Crippen LogP contribution in [-0.2, 0) is 6.42 Å². The molecule has 78 valence electrons. The molecule has 0 spiro atoms. The summed E-state index contributed by atoms with van der Waals surface area (Å²) in [4.78, 5) is 4.31. The standard InChI is InChI=1S/C11H11ClN2O/c12-9-3-1-2-8(6-9)10-7-15-11(14-10)4-5-13/h1-3,6-7H,4-5,13H2. The quantitative estimate of drug-likeness (QED) is 0.868. The summed E-state index contributed by atoms with van der Waals surface area (Å²) in [7, 11) is 0. The number of benzene rings is 1. The first-order valence-corrected chi connectivity index (χ1v) is 5.08. The lowest BCUT2D eigenvalue weighted by molar-refractivity contribution is 0.496. The van der Waals surface area contributed by atoms with Crippen LogP contribution in [-0.4, -0.2) is 11.5 Å². The third-order valence-electron chi connectivity index (χ3n) is 2.03. The lowest BCUT2D eigenvalue weighted by Gasteiger charge is -1.95. The fourth-order valence-corrected chi connectivity index (χ4v) is 1.52. The summed E-state index contributed by atoms with van der Waals surface area (Å²) >= 11 is 5.88. The molecule has 2 N–H and O–H groups in total. The normalized spacial score (nSPS) is 10.5. The molecule has 0 amide bonds. The first-order valence-electron chi connectivity index (χ1n) is 4.70. The zero-order chi connectivity index (χ0) is 10.7. The number of hydrogen-bond donors (Lipinski definition) is 1. The maximum Gasteiger partial charge on any atom is 0.195 e. The summed E-state index contributed by atoms with van der Waals surface area (Å²) in [6.45, 7) is 0.537. The summed E-state index contributed by atoms with van der Waals surface area (Å²) in [5, 5.41) is 0.691. The highest BCUT2D eigenvalue weighted by Crippen LogP contribution is 2.21. The van der Waals surface area contributed by atoms with Crippen molar-refractivity contribution in [3.8, 4) is 11.3 Å². The van der Waals surface area contributed by atoms with Gasteiger partial charge < -0.3 is 10.2 Å². The van der Waals surface area contributed by atoms with Gasteiger partial charge in [-0.1, -0.05) is 23.7 Å². The van der Waals surface area contributed by atoms with Gasteiger partial charge in [0.15, 0.2) is 5.89 Å². The van der Waals surface area contributed by atoms with Crippen molar-refractivity contribution >= 4 is 11.6 Å². The maximum absolute atomic E-state index is 5.88. The lowest BCUT2D eigenvalue weighted by atomic mass is 10.2. The van der Waals surface area contributed by atoms with Crippen LogP contribution in [0.2, 0.25) is 5.02 Å². The minimum Gasteiger partial charge on any atom is -0.448 e. The molecule has 0 aliphatic heterocycles. The van der Waals surface area contributed by atoms with E-state index in [1.54, 1.807) is 6.26 Å². The van der Waals surface area contributed by atoms with Crippen molar-refractivity contribution in [3.63, 3.8) is 0 Å². The highest BCUT2D eigenvalue weighted by molar-refractivity contribution is 6.30. The lowest BCUT2D eigenvalue weighted by Crippen LogP contribution is -2.02. The number of nitrogens with two attached hydrogens (primary N) is 1. The number of halogens is 1. The molecule has 1 heterocycles. The molecule has 3 nitrogen and oxygen atoms in total. The van der Waals surface area contributed by atoms with Crippen LogP contribution in [0.25, 0.3) is 11.3 Å². The number of oxazole rings is 1. The van der Waals surface area contributed by atoms with Crippen molar-refractivity contribution in [2.24, 2.45) is 5.73 Å². The van der Waals surface area contributed by atoms with Crippen molar-refractivity contribution in [1.29, 1.82) is 0 Å². The van der Waals surface area contributed by atoms with Crippen LogP contribution in [0.1, 0.15) is 5.89 Å². The van der Waals surface area contributed by atoms with E-state index in [0.717, 1.165) is 11.3 Å². The molecule has 0 fully saturated rings. The molecule has 15 heavy (non-hydrogen) atoms. The highest BCUT2D eigenvalue weighted by Gasteiger charge is 2.05. The first kappa shape index (κ1) is 10.2. The van der Waals surface area contributed by atoms with Gasteiger partial charge in [-0.25, -0.2) is 4.98 Å². The Bertz CT molecular complexity index is 453.